The third kappa shape index (κ3) is 2.95. The average molecular weight is 340 g/mol. The van der Waals surface area contributed by atoms with Crippen LogP contribution in [0.2, 0.25) is 0 Å². The molecule has 1 aliphatic rings. The van der Waals surface area contributed by atoms with Crippen molar-refractivity contribution in [2.75, 3.05) is 6.61 Å². The third-order valence-electron chi connectivity index (χ3n) is 3.79. The van der Waals surface area contributed by atoms with Crippen LogP contribution >= 0.6 is 0 Å². The van der Waals surface area contributed by atoms with Crippen molar-refractivity contribution < 1.29 is 39.4 Å². The Morgan fingerprint density at radius 3 is 2.54 bits per heavy atom. The van der Waals surface area contributed by atoms with Crippen LogP contribution in [0.3, 0.4) is 0 Å². The number of benzene rings is 1. The molecule has 0 aliphatic carbocycles. The summed E-state index contributed by atoms with van der Waals surface area (Å²) in [7, 11) is 0. The minimum absolute atomic E-state index is 0.139. The molecule has 0 spiro atoms. The number of aliphatic hydroxyl groups is 4. The van der Waals surface area contributed by atoms with Gasteiger partial charge in [0.2, 0.25) is 6.29 Å². The Morgan fingerprint density at radius 1 is 1.08 bits per heavy atom. The zero-order valence-corrected chi connectivity index (χ0v) is 12.3. The molecule has 130 valence electrons. The molecule has 0 unspecified atom stereocenters. The van der Waals surface area contributed by atoms with Gasteiger partial charge >= 0.3 is 5.63 Å². The fourth-order valence-electron chi connectivity index (χ4n) is 2.47. The van der Waals surface area contributed by atoms with E-state index in [4.69, 9.17) is 19.0 Å². The maximum absolute atomic E-state index is 11.3. The Bertz CT molecular complexity index is 784. The molecule has 1 aliphatic heterocycles. The summed E-state index contributed by atoms with van der Waals surface area (Å²) in [5, 5.41) is 49.0. The third-order valence-corrected chi connectivity index (χ3v) is 3.79. The van der Waals surface area contributed by atoms with E-state index in [0.29, 0.717) is 5.39 Å². The first kappa shape index (κ1) is 16.7. The zero-order valence-electron chi connectivity index (χ0n) is 12.3. The lowest BCUT2D eigenvalue weighted by Crippen LogP contribution is -2.60. The molecular weight excluding hydrogens is 324 g/mol. The number of hydrogen-bond donors (Lipinski definition) is 5. The van der Waals surface area contributed by atoms with Crippen molar-refractivity contribution in [1.29, 1.82) is 0 Å². The summed E-state index contributed by atoms with van der Waals surface area (Å²) in [6.45, 7) is -0.608. The number of ether oxygens (including phenoxy) is 2. The van der Waals surface area contributed by atoms with E-state index in [0.717, 1.165) is 0 Å². The van der Waals surface area contributed by atoms with Gasteiger partial charge in [0.15, 0.2) is 11.5 Å². The second-order valence-electron chi connectivity index (χ2n) is 5.43. The summed E-state index contributed by atoms with van der Waals surface area (Å²) in [5.74, 6) is -0.477. The molecule has 1 aromatic carbocycles. The van der Waals surface area contributed by atoms with Gasteiger partial charge in [0.05, 0.1) is 6.61 Å². The molecule has 9 nitrogen and oxygen atoms in total. The van der Waals surface area contributed by atoms with Crippen molar-refractivity contribution in [3.05, 3.63) is 34.7 Å². The minimum atomic E-state index is -1.62. The molecule has 5 N–H and O–H groups in total. The first-order chi connectivity index (χ1) is 11.4. The second-order valence-corrected chi connectivity index (χ2v) is 5.43. The van der Waals surface area contributed by atoms with Crippen LogP contribution in [0.25, 0.3) is 11.0 Å². The quantitative estimate of drug-likeness (QED) is 0.429. The largest absolute Gasteiger partial charge is 0.504 e. The Balaban J connectivity index is 1.90. The highest BCUT2D eigenvalue weighted by atomic mass is 16.7. The smallest absolute Gasteiger partial charge is 0.336 e. The van der Waals surface area contributed by atoms with Crippen LogP contribution in [-0.4, -0.2) is 62.8 Å². The maximum atomic E-state index is 11.3. The van der Waals surface area contributed by atoms with Crippen LogP contribution in [0.4, 0.5) is 0 Å². The van der Waals surface area contributed by atoms with E-state index < -0.39 is 42.9 Å². The van der Waals surface area contributed by atoms with Crippen LogP contribution in [0.15, 0.2) is 33.5 Å². The first-order valence-corrected chi connectivity index (χ1v) is 7.15. The zero-order chi connectivity index (χ0) is 17.4. The molecule has 2 aromatic rings. The van der Waals surface area contributed by atoms with Gasteiger partial charge < -0.3 is 39.4 Å². The molecule has 24 heavy (non-hydrogen) atoms. The Hall–Kier alpha value is -2.17. The fraction of sp³-hybridized carbons (Fsp3) is 0.400. The van der Waals surface area contributed by atoms with Crippen molar-refractivity contribution in [1.82, 2.24) is 0 Å². The molecule has 0 amide bonds. The van der Waals surface area contributed by atoms with E-state index in [2.05, 4.69) is 0 Å². The lowest BCUT2D eigenvalue weighted by molar-refractivity contribution is -0.277. The molecule has 3 rings (SSSR count). The Labute approximate surface area is 134 Å². The maximum Gasteiger partial charge on any atom is 0.336 e. The molecule has 0 radical (unpaired) electrons. The van der Waals surface area contributed by atoms with Crippen LogP contribution in [0, 0.1) is 0 Å². The SMILES string of the molecule is O=c1ccc2cc(O)c(O[C@@H]3O[C@@H](CO)[C@H](O)[C@@H](O)[C@H]3O)cc2o1. The standard InChI is InChI=1S/C15H16O9/c16-5-10-12(19)13(20)14(21)15(24-10)23-9-4-8-6(3-7(9)17)1-2-11(18)22-8/h1-4,10,12-17,19-21H,5H2/t10-,12-,13+,14+,15+/m0/s1. The average Bonchev–Trinajstić information content (AvgIpc) is 2.56. The number of hydrogen-bond acceptors (Lipinski definition) is 9. The van der Waals surface area contributed by atoms with Gasteiger partial charge in [-0.1, -0.05) is 0 Å². The molecule has 1 fully saturated rings. The summed E-state index contributed by atoms with van der Waals surface area (Å²) in [6.07, 6.45) is -7.36. The molecule has 1 saturated heterocycles. The fourth-order valence-corrected chi connectivity index (χ4v) is 2.47. The van der Waals surface area contributed by atoms with Crippen molar-refractivity contribution in [2.24, 2.45) is 0 Å². The lowest BCUT2D eigenvalue weighted by Gasteiger charge is -2.39. The summed E-state index contributed by atoms with van der Waals surface area (Å²) in [4.78, 5) is 11.3. The Morgan fingerprint density at radius 2 is 1.83 bits per heavy atom. The predicted octanol–water partition coefficient (Wildman–Crippen LogP) is -1.32. The van der Waals surface area contributed by atoms with E-state index in [-0.39, 0.29) is 17.1 Å². The molecule has 1 aromatic heterocycles. The molecule has 9 heteroatoms. The van der Waals surface area contributed by atoms with Crippen LogP contribution < -0.4 is 10.4 Å². The molecular formula is C15H16O9. The number of aliphatic hydroxyl groups excluding tert-OH is 4. The van der Waals surface area contributed by atoms with Gasteiger partial charge in [-0.25, -0.2) is 4.79 Å². The summed E-state index contributed by atoms with van der Waals surface area (Å²) in [6, 6.07) is 5.17. The van der Waals surface area contributed by atoms with Gasteiger partial charge in [0, 0.05) is 17.5 Å². The topological polar surface area (TPSA) is 150 Å². The van der Waals surface area contributed by atoms with Gasteiger partial charge in [-0.15, -0.1) is 0 Å². The van der Waals surface area contributed by atoms with Crippen LogP contribution in [0.1, 0.15) is 0 Å². The molecule has 5 atom stereocenters. The number of fused-ring (bicyclic) bond motifs is 1. The van der Waals surface area contributed by atoms with Gasteiger partial charge in [0.25, 0.3) is 0 Å². The first-order valence-electron chi connectivity index (χ1n) is 7.15. The van der Waals surface area contributed by atoms with Crippen molar-refractivity contribution in [3.8, 4) is 11.5 Å². The van der Waals surface area contributed by atoms with E-state index in [1.54, 1.807) is 0 Å². The van der Waals surface area contributed by atoms with E-state index in [1.165, 1.54) is 24.3 Å². The number of rotatable bonds is 3. The number of phenolic OH excluding ortho intramolecular Hbond substituents is 1. The van der Waals surface area contributed by atoms with Gasteiger partial charge in [-0.05, 0) is 12.1 Å². The number of aromatic hydroxyl groups is 1. The highest BCUT2D eigenvalue weighted by Gasteiger charge is 2.44. The van der Waals surface area contributed by atoms with Gasteiger partial charge in [-0.2, -0.15) is 0 Å². The normalized spacial score (nSPS) is 30.4. The van der Waals surface area contributed by atoms with E-state index in [1.807, 2.05) is 0 Å². The summed E-state index contributed by atoms with van der Waals surface area (Å²) >= 11 is 0. The van der Waals surface area contributed by atoms with E-state index in [9.17, 15) is 25.2 Å². The monoisotopic (exact) mass is 340 g/mol. The molecule has 2 heterocycles. The van der Waals surface area contributed by atoms with Crippen LogP contribution in [-0.2, 0) is 4.74 Å². The molecule has 0 bridgehead atoms. The van der Waals surface area contributed by atoms with Crippen LogP contribution in [0.5, 0.6) is 11.5 Å². The van der Waals surface area contributed by atoms with E-state index >= 15 is 0 Å². The highest BCUT2D eigenvalue weighted by molar-refractivity contribution is 5.80. The minimum Gasteiger partial charge on any atom is -0.504 e. The van der Waals surface area contributed by atoms with Crippen molar-refractivity contribution in [2.45, 2.75) is 30.7 Å². The second kappa shape index (κ2) is 6.38. The summed E-state index contributed by atoms with van der Waals surface area (Å²) in [5.41, 5.74) is -0.452. The summed E-state index contributed by atoms with van der Waals surface area (Å²) < 4.78 is 15.5. The number of phenols is 1. The van der Waals surface area contributed by atoms with Crippen molar-refractivity contribution in [3.63, 3.8) is 0 Å². The molecule has 0 saturated carbocycles. The lowest BCUT2D eigenvalue weighted by atomic mass is 9.99. The Kier molecular flexibility index (Phi) is 4.43. The predicted molar refractivity (Wildman–Crippen MR) is 78.5 cm³/mol. The van der Waals surface area contributed by atoms with Crippen molar-refractivity contribution >= 4 is 11.0 Å². The van der Waals surface area contributed by atoms with Gasteiger partial charge in [0.1, 0.15) is 30.0 Å². The van der Waals surface area contributed by atoms with Gasteiger partial charge in [-0.3, -0.25) is 0 Å². The highest BCUT2D eigenvalue weighted by Crippen LogP contribution is 2.33.